The molecule has 1 unspecified atom stereocenters. The van der Waals surface area contributed by atoms with Gasteiger partial charge in [-0.15, -0.1) is 0 Å². The van der Waals surface area contributed by atoms with Gasteiger partial charge in [0, 0.05) is 0 Å². The number of carboxylic acids is 1. The minimum Gasteiger partial charge on any atom is -0.496 e. The summed E-state index contributed by atoms with van der Waals surface area (Å²) < 4.78 is 6.07. The molecule has 0 aromatic heterocycles. The lowest BCUT2D eigenvalue weighted by Crippen LogP contribution is -2.05. The summed E-state index contributed by atoms with van der Waals surface area (Å²) in [5.74, 6) is -0.0117. The predicted octanol–water partition coefficient (Wildman–Crippen LogP) is 3.34. The van der Waals surface area contributed by atoms with Crippen LogP contribution in [-0.2, 0) is 4.79 Å². The Balaban J connectivity index is 3.06. The Morgan fingerprint density at radius 1 is 1.56 bits per heavy atom. The first-order valence-electron chi connectivity index (χ1n) is 5.02. The monoisotopic (exact) mass is 286 g/mol. The summed E-state index contributed by atoms with van der Waals surface area (Å²) >= 11 is 3.45. The highest BCUT2D eigenvalue weighted by molar-refractivity contribution is 9.10. The lowest BCUT2D eigenvalue weighted by atomic mass is 9.93. The minimum absolute atomic E-state index is 0.000272. The number of carbonyl (C=O) groups is 1. The Bertz CT molecular complexity index is 401. The zero-order valence-electron chi connectivity index (χ0n) is 9.58. The molecule has 0 bridgehead atoms. The zero-order chi connectivity index (χ0) is 12.3. The number of halogens is 1. The maximum absolute atomic E-state index is 10.7. The molecule has 1 aromatic rings. The molecule has 1 rings (SSSR count). The maximum atomic E-state index is 10.7. The fraction of sp³-hybridized carbons (Fsp3) is 0.417. The van der Waals surface area contributed by atoms with E-state index in [1.165, 1.54) is 0 Å². The molecule has 1 N–H and O–H groups in total. The average Bonchev–Trinajstić information content (AvgIpc) is 2.20. The Morgan fingerprint density at radius 2 is 2.19 bits per heavy atom. The van der Waals surface area contributed by atoms with Crippen LogP contribution in [0.1, 0.15) is 30.4 Å². The van der Waals surface area contributed by atoms with Gasteiger partial charge in [-0.05, 0) is 46.0 Å². The maximum Gasteiger partial charge on any atom is 0.303 e. The number of methoxy groups -OCH3 is 1. The Hall–Kier alpha value is -1.03. The molecule has 3 nitrogen and oxygen atoms in total. The predicted molar refractivity (Wildman–Crippen MR) is 66.1 cm³/mol. The van der Waals surface area contributed by atoms with E-state index < -0.39 is 5.97 Å². The van der Waals surface area contributed by atoms with Crippen LogP contribution >= 0.6 is 15.9 Å². The summed E-state index contributed by atoms with van der Waals surface area (Å²) in [6.45, 7) is 3.87. The summed E-state index contributed by atoms with van der Waals surface area (Å²) in [7, 11) is 1.61. The van der Waals surface area contributed by atoms with Gasteiger partial charge in [-0.3, -0.25) is 4.79 Å². The van der Waals surface area contributed by atoms with Crippen LogP contribution in [-0.4, -0.2) is 18.2 Å². The average molecular weight is 287 g/mol. The molecule has 1 aromatic carbocycles. The third-order valence-electron chi connectivity index (χ3n) is 2.62. The van der Waals surface area contributed by atoms with Gasteiger partial charge in [0.2, 0.25) is 0 Å². The van der Waals surface area contributed by atoms with E-state index in [2.05, 4.69) is 15.9 Å². The SMILES string of the molecule is COc1ccc(C(C)CC(=O)O)c(C)c1Br. The summed E-state index contributed by atoms with van der Waals surface area (Å²) in [4.78, 5) is 10.7. The molecule has 0 amide bonds. The lowest BCUT2D eigenvalue weighted by Gasteiger charge is -2.15. The second-order valence-corrected chi connectivity index (χ2v) is 4.59. The van der Waals surface area contributed by atoms with E-state index in [1.54, 1.807) is 7.11 Å². The van der Waals surface area contributed by atoms with Crippen LogP contribution in [0.5, 0.6) is 5.75 Å². The number of ether oxygens (including phenoxy) is 1. The second-order valence-electron chi connectivity index (χ2n) is 3.79. The fourth-order valence-electron chi connectivity index (χ4n) is 1.74. The number of rotatable bonds is 4. The molecule has 0 heterocycles. The quantitative estimate of drug-likeness (QED) is 0.923. The van der Waals surface area contributed by atoms with Gasteiger partial charge in [0.25, 0.3) is 0 Å². The van der Waals surface area contributed by atoms with Gasteiger partial charge in [0.05, 0.1) is 18.0 Å². The topological polar surface area (TPSA) is 46.5 Å². The number of aliphatic carboxylic acids is 1. The molecule has 0 radical (unpaired) electrons. The molecular weight excluding hydrogens is 272 g/mol. The van der Waals surface area contributed by atoms with Crippen molar-refractivity contribution < 1.29 is 14.6 Å². The number of benzene rings is 1. The Kier molecular flexibility index (Phi) is 4.35. The van der Waals surface area contributed by atoms with E-state index in [0.717, 1.165) is 21.3 Å². The van der Waals surface area contributed by atoms with Gasteiger partial charge < -0.3 is 9.84 Å². The summed E-state index contributed by atoms with van der Waals surface area (Å²) in [5.41, 5.74) is 2.07. The fourth-order valence-corrected chi connectivity index (χ4v) is 2.26. The first-order valence-corrected chi connectivity index (χ1v) is 5.81. The lowest BCUT2D eigenvalue weighted by molar-refractivity contribution is -0.137. The van der Waals surface area contributed by atoms with E-state index in [-0.39, 0.29) is 12.3 Å². The molecule has 4 heteroatoms. The number of carboxylic acid groups (broad SMARTS) is 1. The summed E-state index contributed by atoms with van der Waals surface area (Å²) in [5, 5.41) is 8.77. The molecule has 0 saturated heterocycles. The molecule has 0 spiro atoms. The van der Waals surface area contributed by atoms with Crippen LogP contribution in [0.2, 0.25) is 0 Å². The highest BCUT2D eigenvalue weighted by Gasteiger charge is 2.15. The minimum atomic E-state index is -0.779. The van der Waals surface area contributed by atoms with Crippen LogP contribution in [0.4, 0.5) is 0 Å². The molecule has 0 aliphatic carbocycles. The van der Waals surface area contributed by atoms with E-state index in [9.17, 15) is 4.79 Å². The van der Waals surface area contributed by atoms with Gasteiger partial charge in [0.1, 0.15) is 5.75 Å². The molecule has 0 saturated carbocycles. The molecule has 16 heavy (non-hydrogen) atoms. The molecular formula is C12H15BrO3. The van der Waals surface area contributed by atoms with Crippen LogP contribution in [0, 0.1) is 6.92 Å². The number of hydrogen-bond donors (Lipinski definition) is 1. The van der Waals surface area contributed by atoms with E-state index in [1.807, 2.05) is 26.0 Å². The third kappa shape index (κ3) is 2.76. The summed E-state index contributed by atoms with van der Waals surface area (Å²) in [6.07, 6.45) is 0.139. The van der Waals surface area contributed by atoms with Crippen LogP contribution < -0.4 is 4.74 Å². The van der Waals surface area contributed by atoms with Gasteiger partial charge in [-0.1, -0.05) is 13.0 Å². The van der Waals surface area contributed by atoms with Gasteiger partial charge in [-0.2, -0.15) is 0 Å². The van der Waals surface area contributed by atoms with Crippen molar-refractivity contribution in [1.29, 1.82) is 0 Å². The van der Waals surface area contributed by atoms with Crippen molar-refractivity contribution in [2.45, 2.75) is 26.2 Å². The standard InChI is InChI=1S/C12H15BrO3/c1-7(6-11(14)15)9-4-5-10(16-3)12(13)8(9)2/h4-5,7H,6H2,1-3H3,(H,14,15). The van der Waals surface area contributed by atoms with Crippen LogP contribution in [0.15, 0.2) is 16.6 Å². The Morgan fingerprint density at radius 3 is 2.69 bits per heavy atom. The molecule has 0 aliphatic heterocycles. The van der Waals surface area contributed by atoms with Crippen molar-refractivity contribution in [3.63, 3.8) is 0 Å². The van der Waals surface area contributed by atoms with Crippen molar-refractivity contribution in [3.05, 3.63) is 27.7 Å². The van der Waals surface area contributed by atoms with Crippen LogP contribution in [0.3, 0.4) is 0 Å². The summed E-state index contributed by atoms with van der Waals surface area (Å²) in [6, 6.07) is 3.78. The first-order chi connectivity index (χ1) is 7.47. The second kappa shape index (κ2) is 5.34. The zero-order valence-corrected chi connectivity index (χ0v) is 11.2. The third-order valence-corrected chi connectivity index (χ3v) is 3.61. The number of hydrogen-bond acceptors (Lipinski definition) is 2. The van der Waals surface area contributed by atoms with Crippen molar-refractivity contribution in [1.82, 2.24) is 0 Å². The highest BCUT2D eigenvalue weighted by atomic mass is 79.9. The molecule has 0 aliphatic rings. The van der Waals surface area contributed by atoms with E-state index in [0.29, 0.717) is 0 Å². The normalized spacial score (nSPS) is 12.2. The van der Waals surface area contributed by atoms with Crippen LogP contribution in [0.25, 0.3) is 0 Å². The molecule has 88 valence electrons. The largest absolute Gasteiger partial charge is 0.496 e. The van der Waals surface area contributed by atoms with E-state index >= 15 is 0 Å². The van der Waals surface area contributed by atoms with E-state index in [4.69, 9.17) is 9.84 Å². The van der Waals surface area contributed by atoms with Crippen molar-refractivity contribution in [2.24, 2.45) is 0 Å². The van der Waals surface area contributed by atoms with Crippen molar-refractivity contribution >= 4 is 21.9 Å². The molecule has 1 atom stereocenters. The highest BCUT2D eigenvalue weighted by Crippen LogP contribution is 2.34. The van der Waals surface area contributed by atoms with Crippen molar-refractivity contribution in [2.75, 3.05) is 7.11 Å². The smallest absolute Gasteiger partial charge is 0.303 e. The van der Waals surface area contributed by atoms with Crippen molar-refractivity contribution in [3.8, 4) is 5.75 Å². The van der Waals surface area contributed by atoms with Gasteiger partial charge in [-0.25, -0.2) is 0 Å². The van der Waals surface area contributed by atoms with Gasteiger partial charge in [0.15, 0.2) is 0 Å². The Labute approximate surface area is 104 Å². The van der Waals surface area contributed by atoms with Gasteiger partial charge >= 0.3 is 5.97 Å². The first kappa shape index (κ1) is 13.0. The molecule has 0 fully saturated rings.